The van der Waals surface area contributed by atoms with Gasteiger partial charge in [0.2, 0.25) is 10.0 Å². The van der Waals surface area contributed by atoms with E-state index < -0.39 is 15.8 Å². The number of aromatic nitrogens is 1. The molecule has 2 saturated heterocycles. The zero-order valence-corrected chi connectivity index (χ0v) is 16.5. The van der Waals surface area contributed by atoms with Gasteiger partial charge >= 0.3 is 0 Å². The number of hydrogen-bond acceptors (Lipinski definition) is 5. The molecule has 3 heterocycles. The summed E-state index contributed by atoms with van der Waals surface area (Å²) in [6.07, 6.45) is 6.07. The first-order chi connectivity index (χ1) is 12.8. The van der Waals surface area contributed by atoms with Gasteiger partial charge in [-0.25, -0.2) is 17.8 Å². The molecule has 0 aromatic carbocycles. The van der Waals surface area contributed by atoms with E-state index in [0.29, 0.717) is 26.1 Å². The lowest BCUT2D eigenvalue weighted by atomic mass is 10.2. The molecule has 3 rings (SSSR count). The maximum atomic E-state index is 13.0. The number of carbonyl (C=O) groups is 1. The van der Waals surface area contributed by atoms with Crippen LogP contribution in [0, 0.1) is 5.82 Å². The summed E-state index contributed by atoms with van der Waals surface area (Å²) < 4.78 is 39.1. The molecule has 0 bridgehead atoms. The van der Waals surface area contributed by atoms with Crippen LogP contribution in [0.4, 0.5) is 4.39 Å². The molecule has 0 radical (unpaired) electrons. The van der Waals surface area contributed by atoms with Crippen LogP contribution in [0.2, 0.25) is 0 Å². The van der Waals surface area contributed by atoms with E-state index in [1.807, 2.05) is 0 Å². The summed E-state index contributed by atoms with van der Waals surface area (Å²) in [7, 11) is -3.35. The first-order valence-electron chi connectivity index (χ1n) is 9.44. The Hall–Kier alpha value is -1.58. The van der Waals surface area contributed by atoms with E-state index in [4.69, 9.17) is 0 Å². The number of nitrogens with zero attached hydrogens (tertiary/aromatic N) is 4. The molecular formula is C18H27FN4O3S. The number of carbonyl (C=O) groups excluding carboxylic acids is 1. The van der Waals surface area contributed by atoms with Crippen molar-refractivity contribution in [3.05, 3.63) is 29.8 Å². The van der Waals surface area contributed by atoms with Crippen molar-refractivity contribution in [1.82, 2.24) is 19.1 Å². The molecule has 0 N–H and O–H groups in total. The lowest BCUT2D eigenvalue weighted by Gasteiger charge is -2.27. The van der Waals surface area contributed by atoms with Crippen LogP contribution >= 0.6 is 0 Å². The van der Waals surface area contributed by atoms with Gasteiger partial charge in [0, 0.05) is 25.7 Å². The second-order valence-corrected chi connectivity index (χ2v) is 9.27. The zero-order chi connectivity index (χ0) is 19.4. The van der Waals surface area contributed by atoms with Gasteiger partial charge in [0.25, 0.3) is 5.91 Å². The highest BCUT2D eigenvalue weighted by Crippen LogP contribution is 2.21. The fraction of sp³-hybridized carbons (Fsp3) is 0.667. The highest BCUT2D eigenvalue weighted by atomic mass is 32.2. The summed E-state index contributed by atoms with van der Waals surface area (Å²) in [6, 6.07) is 2.34. The molecule has 27 heavy (non-hydrogen) atoms. The number of halogens is 1. The quantitative estimate of drug-likeness (QED) is 0.690. The molecular weight excluding hydrogens is 371 g/mol. The fourth-order valence-corrected chi connectivity index (χ4v) is 5.08. The van der Waals surface area contributed by atoms with Gasteiger partial charge in [-0.3, -0.25) is 4.79 Å². The SMILES string of the molecule is CS(=O)(=O)N(CCCN1CCCC1)C1CCN(C(=O)c2ccc(F)cn2)C1. The highest BCUT2D eigenvalue weighted by Gasteiger charge is 2.35. The average molecular weight is 399 g/mol. The lowest BCUT2D eigenvalue weighted by molar-refractivity contribution is 0.0778. The standard InChI is InChI=1S/C18H27FN4O3S/c1-27(25,26)23(11-4-10-21-8-2-3-9-21)16-7-12-22(14-16)18(24)17-6-5-15(19)13-20-17/h5-6,13,16H,2-4,7-12,14H2,1H3. The van der Waals surface area contributed by atoms with Crippen molar-refractivity contribution in [2.24, 2.45) is 0 Å². The Bertz CT molecular complexity index is 750. The van der Waals surface area contributed by atoms with Crippen LogP contribution in [0.3, 0.4) is 0 Å². The molecule has 2 aliphatic rings. The Balaban J connectivity index is 1.59. The van der Waals surface area contributed by atoms with Crippen molar-refractivity contribution in [3.8, 4) is 0 Å². The number of amides is 1. The van der Waals surface area contributed by atoms with Crippen LogP contribution in [0.1, 0.15) is 36.2 Å². The van der Waals surface area contributed by atoms with Crippen molar-refractivity contribution in [3.63, 3.8) is 0 Å². The second kappa shape index (κ2) is 8.62. The summed E-state index contributed by atoms with van der Waals surface area (Å²) in [5.41, 5.74) is 0.178. The monoisotopic (exact) mass is 398 g/mol. The van der Waals surface area contributed by atoms with Crippen LogP contribution in [0.25, 0.3) is 0 Å². The molecule has 9 heteroatoms. The maximum absolute atomic E-state index is 13.0. The van der Waals surface area contributed by atoms with Gasteiger partial charge in [0.1, 0.15) is 11.5 Å². The Morgan fingerprint density at radius 2 is 2.04 bits per heavy atom. The van der Waals surface area contributed by atoms with Crippen molar-refractivity contribution in [2.45, 2.75) is 31.7 Å². The third-order valence-corrected chi connectivity index (χ3v) is 6.61. The molecule has 0 saturated carbocycles. The first kappa shape index (κ1) is 20.2. The van der Waals surface area contributed by atoms with E-state index in [1.165, 1.54) is 35.5 Å². The van der Waals surface area contributed by atoms with Gasteiger partial charge in [-0.15, -0.1) is 0 Å². The minimum atomic E-state index is -3.35. The van der Waals surface area contributed by atoms with Gasteiger partial charge in [0.15, 0.2) is 0 Å². The van der Waals surface area contributed by atoms with Crippen molar-refractivity contribution >= 4 is 15.9 Å². The molecule has 1 atom stereocenters. The summed E-state index contributed by atoms with van der Waals surface area (Å²) in [4.78, 5) is 20.3. The molecule has 2 fully saturated rings. The van der Waals surface area contributed by atoms with E-state index in [0.717, 1.165) is 32.3 Å². The van der Waals surface area contributed by atoms with E-state index in [-0.39, 0.29) is 17.6 Å². The molecule has 1 amide bonds. The Morgan fingerprint density at radius 1 is 1.30 bits per heavy atom. The number of hydrogen-bond donors (Lipinski definition) is 0. The third-order valence-electron chi connectivity index (χ3n) is 5.28. The maximum Gasteiger partial charge on any atom is 0.272 e. The molecule has 2 aliphatic heterocycles. The number of rotatable bonds is 7. The van der Waals surface area contributed by atoms with Crippen LogP contribution in [0.15, 0.2) is 18.3 Å². The fourth-order valence-electron chi connectivity index (χ4n) is 3.90. The van der Waals surface area contributed by atoms with E-state index in [2.05, 4.69) is 9.88 Å². The second-order valence-electron chi connectivity index (χ2n) is 7.33. The van der Waals surface area contributed by atoms with E-state index in [1.54, 1.807) is 4.90 Å². The summed E-state index contributed by atoms with van der Waals surface area (Å²) in [6.45, 7) is 4.37. The van der Waals surface area contributed by atoms with Crippen LogP contribution in [-0.4, -0.2) is 85.0 Å². The highest BCUT2D eigenvalue weighted by molar-refractivity contribution is 7.88. The largest absolute Gasteiger partial charge is 0.336 e. The summed E-state index contributed by atoms with van der Waals surface area (Å²) >= 11 is 0. The van der Waals surface area contributed by atoms with Crippen molar-refractivity contribution in [2.75, 3.05) is 45.5 Å². The minimum absolute atomic E-state index is 0.178. The van der Waals surface area contributed by atoms with Crippen molar-refractivity contribution < 1.29 is 17.6 Å². The van der Waals surface area contributed by atoms with Gasteiger partial charge in [-0.05, 0) is 57.5 Å². The Kier molecular flexibility index (Phi) is 6.44. The molecule has 1 aromatic rings. The summed E-state index contributed by atoms with van der Waals surface area (Å²) in [5, 5.41) is 0. The van der Waals surface area contributed by atoms with E-state index >= 15 is 0 Å². The van der Waals surface area contributed by atoms with Crippen LogP contribution in [-0.2, 0) is 10.0 Å². The van der Waals surface area contributed by atoms with Crippen LogP contribution in [0.5, 0.6) is 0 Å². The first-order valence-corrected chi connectivity index (χ1v) is 11.3. The normalized spacial score (nSPS) is 21.3. The third kappa shape index (κ3) is 5.24. The number of pyridine rings is 1. The topological polar surface area (TPSA) is 73.8 Å². The average Bonchev–Trinajstić information content (AvgIpc) is 3.29. The van der Waals surface area contributed by atoms with Crippen LogP contribution < -0.4 is 0 Å². The minimum Gasteiger partial charge on any atom is -0.336 e. The van der Waals surface area contributed by atoms with Gasteiger partial charge in [-0.1, -0.05) is 0 Å². The smallest absolute Gasteiger partial charge is 0.272 e. The summed E-state index contributed by atoms with van der Waals surface area (Å²) in [5.74, 6) is -0.782. The number of likely N-dealkylation sites (tertiary alicyclic amines) is 2. The molecule has 7 nitrogen and oxygen atoms in total. The van der Waals surface area contributed by atoms with Gasteiger partial charge < -0.3 is 9.80 Å². The van der Waals surface area contributed by atoms with Crippen molar-refractivity contribution in [1.29, 1.82) is 0 Å². The van der Waals surface area contributed by atoms with Gasteiger partial charge in [0.05, 0.1) is 12.5 Å². The predicted molar refractivity (Wildman–Crippen MR) is 100 cm³/mol. The predicted octanol–water partition coefficient (Wildman–Crippen LogP) is 1.18. The molecule has 1 aromatic heterocycles. The zero-order valence-electron chi connectivity index (χ0n) is 15.7. The molecule has 0 spiro atoms. The van der Waals surface area contributed by atoms with E-state index in [9.17, 15) is 17.6 Å². The number of sulfonamides is 1. The molecule has 0 aliphatic carbocycles. The molecule has 150 valence electrons. The lowest BCUT2D eigenvalue weighted by Crippen LogP contribution is -2.43. The molecule has 1 unspecified atom stereocenters. The Labute approximate surface area is 160 Å². The van der Waals surface area contributed by atoms with Gasteiger partial charge in [-0.2, -0.15) is 4.31 Å². The Morgan fingerprint density at radius 3 is 2.67 bits per heavy atom.